The summed E-state index contributed by atoms with van der Waals surface area (Å²) in [5, 5.41) is 39.2. The largest absolute Gasteiger partial charge is 0.478 e. The molecule has 0 unspecified atom stereocenters. The van der Waals surface area contributed by atoms with Crippen molar-refractivity contribution in [2.45, 2.75) is 0 Å². The molecule has 0 aliphatic heterocycles. The van der Waals surface area contributed by atoms with Crippen LogP contribution in [0.2, 0.25) is 0 Å². The normalized spacial score (nSPS) is 11.5. The Morgan fingerprint density at radius 2 is 0.879 bits per heavy atom. The molecule has 0 heterocycles. The van der Waals surface area contributed by atoms with E-state index in [2.05, 4.69) is 0 Å². The van der Waals surface area contributed by atoms with Gasteiger partial charge >= 0.3 is 23.9 Å². The molecule has 5 aromatic carbocycles. The van der Waals surface area contributed by atoms with Gasteiger partial charge in [0.2, 0.25) is 0 Å². The Balaban J connectivity index is 2.21. The van der Waals surface area contributed by atoms with Gasteiger partial charge in [0.15, 0.2) is 0 Å². The fraction of sp³-hybridized carbons (Fsp3) is 0. The highest BCUT2D eigenvalue weighted by Crippen LogP contribution is 2.45. The summed E-state index contributed by atoms with van der Waals surface area (Å²) in [5.74, 6) is -6.63. The lowest BCUT2D eigenvalue weighted by Gasteiger charge is -2.19. The first-order chi connectivity index (χ1) is 15.6. The van der Waals surface area contributed by atoms with Gasteiger partial charge < -0.3 is 20.4 Å². The minimum absolute atomic E-state index is 0.0484. The van der Waals surface area contributed by atoms with Crippen LogP contribution in [0, 0.1) is 5.82 Å². The summed E-state index contributed by atoms with van der Waals surface area (Å²) in [4.78, 5) is 47.4. The number of rotatable bonds is 4. The van der Waals surface area contributed by atoms with E-state index in [1.54, 1.807) is 0 Å². The third-order valence-corrected chi connectivity index (χ3v) is 5.88. The topological polar surface area (TPSA) is 149 Å². The Hall–Kier alpha value is -4.79. The van der Waals surface area contributed by atoms with Gasteiger partial charge in [-0.1, -0.05) is 18.2 Å². The van der Waals surface area contributed by atoms with Gasteiger partial charge in [0.05, 0.1) is 22.3 Å². The molecule has 0 bridgehead atoms. The van der Waals surface area contributed by atoms with E-state index in [1.165, 1.54) is 30.3 Å². The number of aromatic carboxylic acids is 4. The minimum Gasteiger partial charge on any atom is -0.478 e. The van der Waals surface area contributed by atoms with Gasteiger partial charge in [0.25, 0.3) is 0 Å². The van der Waals surface area contributed by atoms with E-state index in [4.69, 9.17) is 0 Å². The third kappa shape index (κ3) is 2.56. The van der Waals surface area contributed by atoms with Gasteiger partial charge in [-0.25, -0.2) is 23.6 Å². The van der Waals surface area contributed by atoms with E-state index in [0.29, 0.717) is 5.39 Å². The highest BCUT2D eigenvalue weighted by molar-refractivity contribution is 6.38. The summed E-state index contributed by atoms with van der Waals surface area (Å²) in [6, 6.07) is 8.40. The Labute approximate surface area is 182 Å². The fourth-order valence-electron chi connectivity index (χ4n) is 4.65. The number of hydrogen-bond acceptors (Lipinski definition) is 4. The van der Waals surface area contributed by atoms with Crippen LogP contribution in [0.5, 0.6) is 0 Å². The Bertz CT molecular complexity index is 1710. The van der Waals surface area contributed by atoms with Crippen molar-refractivity contribution >= 4 is 67.0 Å². The number of fused-ring (bicyclic) bond motifs is 2. The zero-order valence-electron chi connectivity index (χ0n) is 16.3. The van der Waals surface area contributed by atoms with E-state index in [-0.39, 0.29) is 54.4 Å². The fourth-order valence-corrected chi connectivity index (χ4v) is 4.65. The molecular formula is C24H11FO8. The number of halogens is 1. The number of carboxylic acids is 4. The Kier molecular flexibility index (Phi) is 4.03. The Morgan fingerprint density at radius 1 is 0.485 bits per heavy atom. The predicted molar refractivity (Wildman–Crippen MR) is 115 cm³/mol. The van der Waals surface area contributed by atoms with Crippen molar-refractivity contribution in [1.82, 2.24) is 0 Å². The van der Waals surface area contributed by atoms with Crippen LogP contribution in [0.4, 0.5) is 4.39 Å². The highest BCUT2D eigenvalue weighted by Gasteiger charge is 2.27. The van der Waals surface area contributed by atoms with Gasteiger partial charge in [-0.05, 0) is 45.8 Å². The standard InChI is InChI=1S/C24H11FO8/c25-15-7-14(24(32)33)18-13(23(30)31)5-2-9-8-1-4-11(21(26)27)17-12(22(28)29)6-3-10(16(8)17)19(15)20(9)18/h1-7H,(H,26,27)(H,28,29)(H,30,31)(H,32,33). The number of benzene rings is 5. The highest BCUT2D eigenvalue weighted by atomic mass is 19.1. The molecule has 5 aromatic rings. The quantitative estimate of drug-likeness (QED) is 0.230. The summed E-state index contributed by atoms with van der Waals surface area (Å²) in [5.41, 5.74) is -1.46. The summed E-state index contributed by atoms with van der Waals surface area (Å²) in [6.45, 7) is 0. The van der Waals surface area contributed by atoms with Crippen LogP contribution in [-0.2, 0) is 0 Å². The van der Waals surface area contributed by atoms with Crippen molar-refractivity contribution < 1.29 is 44.0 Å². The zero-order chi connectivity index (χ0) is 23.8. The molecule has 0 aliphatic carbocycles. The Morgan fingerprint density at radius 3 is 1.33 bits per heavy atom. The molecular weight excluding hydrogens is 435 g/mol. The molecule has 0 fully saturated rings. The van der Waals surface area contributed by atoms with Crippen LogP contribution in [0.1, 0.15) is 41.4 Å². The zero-order valence-corrected chi connectivity index (χ0v) is 16.3. The molecule has 0 saturated carbocycles. The first-order valence-corrected chi connectivity index (χ1v) is 9.46. The van der Waals surface area contributed by atoms with Crippen molar-refractivity contribution in [3.8, 4) is 0 Å². The van der Waals surface area contributed by atoms with Crippen molar-refractivity contribution in [3.05, 3.63) is 70.5 Å². The molecule has 0 aromatic heterocycles. The monoisotopic (exact) mass is 446 g/mol. The maximum atomic E-state index is 15.4. The predicted octanol–water partition coefficient (Wildman–Crippen LogP) is 4.67. The van der Waals surface area contributed by atoms with Gasteiger partial charge in [-0.15, -0.1) is 0 Å². The lowest BCUT2D eigenvalue weighted by atomic mass is 9.84. The van der Waals surface area contributed by atoms with Gasteiger partial charge in [-0.3, -0.25) is 0 Å². The smallest absolute Gasteiger partial charge is 0.336 e. The molecule has 0 atom stereocenters. The lowest BCUT2D eigenvalue weighted by molar-refractivity contribution is 0.0681. The molecule has 0 radical (unpaired) electrons. The van der Waals surface area contributed by atoms with E-state index in [0.717, 1.165) is 12.1 Å². The number of hydrogen-bond donors (Lipinski definition) is 4. The van der Waals surface area contributed by atoms with E-state index < -0.39 is 35.3 Å². The van der Waals surface area contributed by atoms with Crippen LogP contribution in [-0.4, -0.2) is 44.3 Å². The molecule has 162 valence electrons. The average molecular weight is 446 g/mol. The second-order valence-corrected chi connectivity index (χ2v) is 7.48. The van der Waals surface area contributed by atoms with E-state index in [9.17, 15) is 39.6 Å². The van der Waals surface area contributed by atoms with Crippen molar-refractivity contribution in [2.24, 2.45) is 0 Å². The van der Waals surface area contributed by atoms with Crippen molar-refractivity contribution in [3.63, 3.8) is 0 Å². The van der Waals surface area contributed by atoms with Gasteiger partial charge in [0, 0.05) is 21.5 Å². The summed E-state index contributed by atoms with van der Waals surface area (Å²) >= 11 is 0. The molecule has 33 heavy (non-hydrogen) atoms. The SMILES string of the molecule is O=C(O)c1ccc2c3ccc(C(=O)O)c4c(C(=O)O)cc(F)c(c5ccc(C(=O)O)c1c25)c43. The van der Waals surface area contributed by atoms with Crippen molar-refractivity contribution in [2.75, 3.05) is 0 Å². The molecule has 9 heteroatoms. The third-order valence-electron chi connectivity index (χ3n) is 5.88. The average Bonchev–Trinajstić information content (AvgIpc) is 2.76. The number of carboxylic acid groups (broad SMARTS) is 4. The van der Waals surface area contributed by atoms with Gasteiger partial charge in [0.1, 0.15) is 5.82 Å². The van der Waals surface area contributed by atoms with E-state index in [1.807, 2.05) is 0 Å². The minimum atomic E-state index is -1.52. The number of carbonyl (C=O) groups is 4. The van der Waals surface area contributed by atoms with Crippen LogP contribution in [0.25, 0.3) is 43.1 Å². The molecule has 8 nitrogen and oxygen atoms in total. The second kappa shape index (κ2) is 6.60. The molecule has 4 N–H and O–H groups in total. The van der Waals surface area contributed by atoms with Crippen LogP contribution < -0.4 is 0 Å². The van der Waals surface area contributed by atoms with Crippen molar-refractivity contribution in [1.29, 1.82) is 0 Å². The maximum Gasteiger partial charge on any atom is 0.336 e. The first-order valence-electron chi connectivity index (χ1n) is 9.46. The van der Waals surface area contributed by atoms with Crippen LogP contribution >= 0.6 is 0 Å². The second-order valence-electron chi connectivity index (χ2n) is 7.48. The van der Waals surface area contributed by atoms with E-state index >= 15 is 4.39 Å². The maximum absolute atomic E-state index is 15.4. The molecule has 0 saturated heterocycles. The lowest BCUT2D eigenvalue weighted by Crippen LogP contribution is -2.08. The summed E-state index contributed by atoms with van der Waals surface area (Å²) in [6.07, 6.45) is 0. The van der Waals surface area contributed by atoms with Crippen LogP contribution in [0.15, 0.2) is 42.5 Å². The molecule has 0 aliphatic rings. The first kappa shape index (κ1) is 20.1. The summed E-state index contributed by atoms with van der Waals surface area (Å²) < 4.78 is 15.4. The van der Waals surface area contributed by atoms with Gasteiger partial charge in [-0.2, -0.15) is 0 Å². The molecule has 0 spiro atoms. The summed E-state index contributed by atoms with van der Waals surface area (Å²) in [7, 11) is 0. The molecule has 0 amide bonds. The van der Waals surface area contributed by atoms with Crippen LogP contribution in [0.3, 0.4) is 0 Å². The molecule has 5 rings (SSSR count).